The van der Waals surface area contributed by atoms with Gasteiger partial charge in [0.1, 0.15) is 11.8 Å². The molecule has 0 aromatic heterocycles. The van der Waals surface area contributed by atoms with E-state index >= 15 is 0 Å². The average Bonchev–Trinajstić information content (AvgIpc) is 2.36. The van der Waals surface area contributed by atoms with Crippen molar-refractivity contribution in [2.24, 2.45) is 5.92 Å². The Morgan fingerprint density at radius 2 is 2.00 bits per heavy atom. The Morgan fingerprint density at radius 1 is 1.37 bits per heavy atom. The van der Waals surface area contributed by atoms with Crippen LogP contribution in [0.1, 0.15) is 25.8 Å². The van der Waals surface area contributed by atoms with Crippen LogP contribution in [0.25, 0.3) is 0 Å². The molecule has 0 spiro atoms. The quantitative estimate of drug-likeness (QED) is 0.823. The number of hydrogen-bond donors (Lipinski definition) is 1. The number of methoxy groups -OCH3 is 1. The molecular weight excluding hydrogens is 242 g/mol. The summed E-state index contributed by atoms with van der Waals surface area (Å²) in [6.45, 7) is 4.63. The van der Waals surface area contributed by atoms with Crippen molar-refractivity contribution in [3.63, 3.8) is 0 Å². The summed E-state index contributed by atoms with van der Waals surface area (Å²) in [6, 6.07) is 7.23. The highest BCUT2D eigenvalue weighted by Gasteiger charge is 2.24. The molecule has 0 saturated heterocycles. The number of carboxylic acids is 1. The second-order valence-corrected chi connectivity index (χ2v) is 5.21. The zero-order valence-corrected chi connectivity index (χ0v) is 12.1. The predicted molar refractivity (Wildman–Crippen MR) is 75.3 cm³/mol. The number of hydrogen-bond acceptors (Lipinski definition) is 3. The molecule has 4 nitrogen and oxygen atoms in total. The van der Waals surface area contributed by atoms with E-state index in [1.807, 2.05) is 50.1 Å². The van der Waals surface area contributed by atoms with Crippen LogP contribution >= 0.6 is 0 Å². The number of benzene rings is 1. The molecule has 0 aliphatic rings. The van der Waals surface area contributed by atoms with Gasteiger partial charge in [-0.1, -0.05) is 32.0 Å². The van der Waals surface area contributed by atoms with Gasteiger partial charge >= 0.3 is 5.97 Å². The number of para-hydroxylation sites is 1. The molecule has 0 unspecified atom stereocenters. The van der Waals surface area contributed by atoms with E-state index in [1.54, 1.807) is 7.11 Å². The first-order valence-electron chi connectivity index (χ1n) is 6.50. The zero-order chi connectivity index (χ0) is 14.4. The lowest BCUT2D eigenvalue weighted by atomic mass is 10.0. The maximum Gasteiger partial charge on any atom is 0.320 e. The number of nitrogens with zero attached hydrogens (tertiary/aromatic N) is 1. The molecule has 4 heteroatoms. The summed E-state index contributed by atoms with van der Waals surface area (Å²) in [7, 11) is 3.47. The summed E-state index contributed by atoms with van der Waals surface area (Å²) in [5, 5.41) is 9.32. The highest BCUT2D eigenvalue weighted by atomic mass is 16.5. The van der Waals surface area contributed by atoms with Crippen molar-refractivity contribution in [1.29, 1.82) is 0 Å². The number of carboxylic acid groups (broad SMARTS) is 1. The van der Waals surface area contributed by atoms with Crippen molar-refractivity contribution in [3.05, 3.63) is 29.8 Å². The van der Waals surface area contributed by atoms with Gasteiger partial charge in [-0.2, -0.15) is 0 Å². The predicted octanol–water partition coefficient (Wildman–Crippen LogP) is 2.63. The van der Waals surface area contributed by atoms with E-state index in [0.717, 1.165) is 11.3 Å². The van der Waals surface area contributed by atoms with Gasteiger partial charge in [-0.3, -0.25) is 9.69 Å². The van der Waals surface area contributed by atoms with E-state index < -0.39 is 12.0 Å². The molecule has 0 bridgehead atoms. The van der Waals surface area contributed by atoms with E-state index in [9.17, 15) is 9.90 Å². The second-order valence-electron chi connectivity index (χ2n) is 5.21. The minimum atomic E-state index is -0.772. The standard InChI is InChI=1S/C15H23NO3/c1-11(2)9-13(15(17)18)16(3)10-12-7-5-6-8-14(12)19-4/h5-8,11,13H,9-10H2,1-4H3,(H,17,18)/t13-/m0/s1. The molecule has 106 valence electrons. The molecule has 1 aromatic rings. The lowest BCUT2D eigenvalue weighted by Gasteiger charge is -2.26. The van der Waals surface area contributed by atoms with Crippen LogP contribution in [0.3, 0.4) is 0 Å². The van der Waals surface area contributed by atoms with Crippen molar-refractivity contribution in [2.45, 2.75) is 32.9 Å². The fourth-order valence-electron chi connectivity index (χ4n) is 2.13. The van der Waals surface area contributed by atoms with Crippen LogP contribution in [-0.4, -0.2) is 36.2 Å². The van der Waals surface area contributed by atoms with Gasteiger partial charge in [-0.05, 0) is 25.5 Å². The van der Waals surface area contributed by atoms with Crippen LogP contribution in [0.5, 0.6) is 5.75 Å². The van der Waals surface area contributed by atoms with E-state index in [1.165, 1.54) is 0 Å². The molecule has 0 aliphatic heterocycles. The van der Waals surface area contributed by atoms with Gasteiger partial charge in [0.2, 0.25) is 0 Å². The molecule has 0 saturated carbocycles. The number of likely N-dealkylation sites (N-methyl/N-ethyl adjacent to an activating group) is 1. The van der Waals surface area contributed by atoms with Gasteiger partial charge in [-0.15, -0.1) is 0 Å². The molecule has 19 heavy (non-hydrogen) atoms. The number of rotatable bonds is 7. The first-order valence-corrected chi connectivity index (χ1v) is 6.50. The summed E-state index contributed by atoms with van der Waals surface area (Å²) in [5.41, 5.74) is 1.00. The topological polar surface area (TPSA) is 49.8 Å². The maximum absolute atomic E-state index is 11.3. The van der Waals surface area contributed by atoms with Crippen molar-refractivity contribution in [2.75, 3.05) is 14.2 Å². The molecule has 1 aromatic carbocycles. The van der Waals surface area contributed by atoms with Gasteiger partial charge in [-0.25, -0.2) is 0 Å². The minimum Gasteiger partial charge on any atom is -0.496 e. The lowest BCUT2D eigenvalue weighted by Crippen LogP contribution is -2.39. The third-order valence-corrected chi connectivity index (χ3v) is 3.12. The first-order chi connectivity index (χ1) is 8.95. The zero-order valence-electron chi connectivity index (χ0n) is 12.1. The molecule has 0 heterocycles. The Morgan fingerprint density at radius 3 is 2.53 bits per heavy atom. The molecule has 0 radical (unpaired) electrons. The third-order valence-electron chi connectivity index (χ3n) is 3.12. The van der Waals surface area contributed by atoms with Crippen LogP contribution in [0.2, 0.25) is 0 Å². The van der Waals surface area contributed by atoms with Crippen LogP contribution in [0.4, 0.5) is 0 Å². The lowest BCUT2D eigenvalue weighted by molar-refractivity contribution is -0.143. The van der Waals surface area contributed by atoms with E-state index in [0.29, 0.717) is 18.9 Å². The second kappa shape index (κ2) is 7.14. The van der Waals surface area contributed by atoms with Crippen LogP contribution in [-0.2, 0) is 11.3 Å². The number of carbonyl (C=O) groups is 1. The van der Waals surface area contributed by atoms with Crippen LogP contribution in [0, 0.1) is 5.92 Å². The molecule has 1 rings (SSSR count). The van der Waals surface area contributed by atoms with E-state index in [-0.39, 0.29) is 0 Å². The Labute approximate surface area is 115 Å². The Balaban J connectivity index is 2.81. The van der Waals surface area contributed by atoms with Crippen LogP contribution in [0.15, 0.2) is 24.3 Å². The summed E-state index contributed by atoms with van der Waals surface area (Å²) >= 11 is 0. The fraction of sp³-hybridized carbons (Fsp3) is 0.533. The van der Waals surface area contributed by atoms with Crippen LogP contribution < -0.4 is 4.74 Å². The number of aliphatic carboxylic acids is 1. The Kier molecular flexibility index (Phi) is 5.83. The van der Waals surface area contributed by atoms with Crippen molar-refractivity contribution >= 4 is 5.97 Å². The van der Waals surface area contributed by atoms with Gasteiger partial charge in [0, 0.05) is 12.1 Å². The van der Waals surface area contributed by atoms with E-state index in [2.05, 4.69) is 0 Å². The van der Waals surface area contributed by atoms with Crippen molar-refractivity contribution in [3.8, 4) is 5.75 Å². The Bertz CT molecular complexity index is 418. The highest BCUT2D eigenvalue weighted by Crippen LogP contribution is 2.21. The smallest absolute Gasteiger partial charge is 0.320 e. The van der Waals surface area contributed by atoms with Crippen molar-refractivity contribution in [1.82, 2.24) is 4.90 Å². The normalized spacial score (nSPS) is 12.7. The molecule has 0 aliphatic carbocycles. The summed E-state index contributed by atoms with van der Waals surface area (Å²) in [6.07, 6.45) is 0.640. The molecule has 1 N–H and O–H groups in total. The third kappa shape index (κ3) is 4.56. The van der Waals surface area contributed by atoms with Gasteiger partial charge < -0.3 is 9.84 Å². The Hall–Kier alpha value is -1.55. The summed E-state index contributed by atoms with van der Waals surface area (Å²) in [4.78, 5) is 13.2. The first kappa shape index (κ1) is 15.5. The minimum absolute atomic E-state index is 0.348. The molecule has 1 atom stereocenters. The largest absolute Gasteiger partial charge is 0.496 e. The SMILES string of the molecule is COc1ccccc1CN(C)[C@@H](CC(C)C)C(=O)O. The number of ether oxygens (including phenoxy) is 1. The van der Waals surface area contributed by atoms with Crippen molar-refractivity contribution < 1.29 is 14.6 Å². The molecule has 0 fully saturated rings. The monoisotopic (exact) mass is 265 g/mol. The molecular formula is C15H23NO3. The summed E-state index contributed by atoms with van der Waals surface area (Å²) < 4.78 is 5.29. The van der Waals surface area contributed by atoms with Gasteiger partial charge in [0.05, 0.1) is 7.11 Å². The highest BCUT2D eigenvalue weighted by molar-refractivity contribution is 5.73. The summed E-state index contributed by atoms with van der Waals surface area (Å²) in [5.74, 6) is 0.371. The average molecular weight is 265 g/mol. The van der Waals surface area contributed by atoms with Gasteiger partial charge in [0.25, 0.3) is 0 Å². The maximum atomic E-state index is 11.3. The van der Waals surface area contributed by atoms with E-state index in [4.69, 9.17) is 4.74 Å². The fourth-order valence-corrected chi connectivity index (χ4v) is 2.13. The van der Waals surface area contributed by atoms with Gasteiger partial charge in [0.15, 0.2) is 0 Å². The molecule has 0 amide bonds.